The SMILES string of the molecule is O=S(=O)([O-])CC[n+]1c(C=C2Sc3ccc(I)cc3[N+]23CC3S(=O)(=O)[O-])sc2ccc(I)cc21.[K+]. The molecule has 2 aliphatic rings. The van der Waals surface area contributed by atoms with Gasteiger partial charge in [-0.3, -0.25) is 0 Å². The standard InChI is InChI=1S/C19H14I2N2O6S4.K/c20-11-1-3-15-13(7-11)22(5-6-32(24,25)26)17(30-15)9-18-23(10-19(23)33(27,28)29)14-8-12(21)2-4-16(14)31-18;/h1-4,7-9,19H,5-6,10H2;/q;+1. The van der Waals surface area contributed by atoms with E-state index in [1.54, 1.807) is 4.57 Å². The van der Waals surface area contributed by atoms with Gasteiger partial charge in [-0.05, 0) is 81.2 Å². The molecule has 1 fully saturated rings. The number of halogens is 2. The fourth-order valence-electron chi connectivity index (χ4n) is 4.06. The van der Waals surface area contributed by atoms with Crippen molar-refractivity contribution >= 4 is 110 Å². The number of quaternary nitrogens is 1. The predicted molar refractivity (Wildman–Crippen MR) is 142 cm³/mol. The molecule has 0 radical (unpaired) electrons. The molecule has 3 aromatic rings. The molecular formula is C19H14I2KN2O6S4+. The van der Waals surface area contributed by atoms with Gasteiger partial charge in [0.25, 0.3) is 5.01 Å². The monoisotopic (exact) mass is 787 g/mol. The van der Waals surface area contributed by atoms with Gasteiger partial charge in [-0.15, -0.1) is 0 Å². The number of thiazole rings is 1. The fourth-order valence-corrected chi connectivity index (χ4v) is 9.07. The van der Waals surface area contributed by atoms with Crippen LogP contribution in [-0.4, -0.2) is 43.6 Å². The maximum absolute atomic E-state index is 12.0. The van der Waals surface area contributed by atoms with Crippen molar-refractivity contribution < 1.29 is 81.9 Å². The Morgan fingerprint density at radius 2 is 1.76 bits per heavy atom. The van der Waals surface area contributed by atoms with Crippen LogP contribution < -0.4 is 60.4 Å². The molecular weight excluding hydrogens is 773 g/mol. The molecule has 2 aliphatic heterocycles. The van der Waals surface area contributed by atoms with Crippen molar-refractivity contribution in [2.24, 2.45) is 0 Å². The van der Waals surface area contributed by atoms with E-state index in [-0.39, 0.29) is 69.0 Å². The smallest absolute Gasteiger partial charge is 0.748 e. The van der Waals surface area contributed by atoms with Crippen molar-refractivity contribution in [2.45, 2.75) is 16.8 Å². The van der Waals surface area contributed by atoms with E-state index < -0.39 is 31.4 Å². The zero-order chi connectivity index (χ0) is 23.8. The van der Waals surface area contributed by atoms with Gasteiger partial charge in [0.15, 0.2) is 33.9 Å². The van der Waals surface area contributed by atoms with Crippen LogP contribution in [0.2, 0.25) is 0 Å². The summed E-state index contributed by atoms with van der Waals surface area (Å²) in [6.45, 7) is 0.138. The van der Waals surface area contributed by atoms with Crippen molar-refractivity contribution in [1.82, 2.24) is 4.48 Å². The first-order valence-corrected chi connectivity index (χ1v) is 16.3. The van der Waals surface area contributed by atoms with E-state index in [0.29, 0.717) is 10.0 Å². The molecule has 174 valence electrons. The topological polar surface area (TPSA) is 118 Å². The van der Waals surface area contributed by atoms with E-state index in [0.717, 1.165) is 27.9 Å². The molecule has 0 bridgehead atoms. The number of fused-ring (bicyclic) bond motifs is 3. The average Bonchev–Trinajstić information content (AvgIpc) is 3.30. The van der Waals surface area contributed by atoms with Gasteiger partial charge < -0.3 is 9.11 Å². The third-order valence-corrected chi connectivity index (χ3v) is 11.1. The molecule has 8 nitrogen and oxygen atoms in total. The molecule has 34 heavy (non-hydrogen) atoms. The predicted octanol–water partition coefficient (Wildman–Crippen LogP) is 0.244. The minimum Gasteiger partial charge on any atom is -0.748 e. The largest absolute Gasteiger partial charge is 1.00 e. The minimum atomic E-state index is -4.53. The molecule has 1 saturated heterocycles. The van der Waals surface area contributed by atoms with Crippen molar-refractivity contribution in [3.8, 4) is 0 Å². The summed E-state index contributed by atoms with van der Waals surface area (Å²) in [4.78, 5) is 0.886. The third-order valence-electron chi connectivity index (χ3n) is 5.60. The first-order valence-electron chi connectivity index (χ1n) is 9.47. The normalized spacial score (nSPS) is 22.8. The minimum absolute atomic E-state index is 0. The number of hydrogen-bond acceptors (Lipinski definition) is 8. The zero-order valence-electron chi connectivity index (χ0n) is 17.5. The maximum atomic E-state index is 12.0. The first kappa shape index (κ1) is 28.3. The second-order valence-electron chi connectivity index (χ2n) is 7.66. The molecule has 2 aromatic carbocycles. The van der Waals surface area contributed by atoms with Crippen LogP contribution in [-0.2, 0) is 26.8 Å². The Hall–Kier alpha value is 1.30. The molecule has 3 heterocycles. The Morgan fingerprint density at radius 3 is 2.41 bits per heavy atom. The molecule has 2 atom stereocenters. The number of thioether (sulfide) groups is 1. The van der Waals surface area contributed by atoms with Crippen LogP contribution >= 0.6 is 68.3 Å². The number of aromatic nitrogens is 1. The van der Waals surface area contributed by atoms with Crippen LogP contribution in [0.5, 0.6) is 0 Å². The van der Waals surface area contributed by atoms with Gasteiger partial charge in [-0.25, -0.2) is 21.3 Å². The van der Waals surface area contributed by atoms with Gasteiger partial charge in [0, 0.05) is 19.3 Å². The maximum Gasteiger partial charge on any atom is 1.00 e. The third kappa shape index (κ3) is 5.39. The Morgan fingerprint density at radius 1 is 1.09 bits per heavy atom. The van der Waals surface area contributed by atoms with E-state index in [1.165, 1.54) is 23.1 Å². The number of hydrogen-bond donors (Lipinski definition) is 0. The molecule has 0 aliphatic carbocycles. The quantitative estimate of drug-likeness (QED) is 0.0910. The van der Waals surface area contributed by atoms with Crippen LogP contribution in [0.4, 0.5) is 5.69 Å². The molecule has 0 amide bonds. The summed E-state index contributed by atoms with van der Waals surface area (Å²) in [5, 5.41) is 0.282. The Labute approximate surface area is 275 Å². The van der Waals surface area contributed by atoms with Gasteiger partial charge >= 0.3 is 51.4 Å². The zero-order valence-corrected chi connectivity index (χ0v) is 28.2. The molecule has 0 N–H and O–H groups in total. The van der Waals surface area contributed by atoms with E-state index in [1.807, 2.05) is 42.5 Å². The van der Waals surface area contributed by atoms with Crippen LogP contribution in [0.1, 0.15) is 5.01 Å². The summed E-state index contributed by atoms with van der Waals surface area (Å²) in [6.07, 6.45) is 1.83. The average molecular weight is 788 g/mol. The first-order chi connectivity index (χ1) is 15.4. The molecule has 15 heteroatoms. The van der Waals surface area contributed by atoms with Crippen molar-refractivity contribution in [1.29, 1.82) is 0 Å². The van der Waals surface area contributed by atoms with Gasteiger partial charge in [0.1, 0.15) is 14.8 Å². The van der Waals surface area contributed by atoms with E-state index in [9.17, 15) is 25.9 Å². The van der Waals surface area contributed by atoms with Crippen LogP contribution in [0, 0.1) is 7.14 Å². The molecule has 5 rings (SSSR count). The molecule has 1 spiro atoms. The van der Waals surface area contributed by atoms with Gasteiger partial charge in [0.05, 0.1) is 16.7 Å². The van der Waals surface area contributed by atoms with Crippen LogP contribution in [0.15, 0.2) is 46.3 Å². The van der Waals surface area contributed by atoms with E-state index in [2.05, 4.69) is 45.2 Å². The summed E-state index contributed by atoms with van der Waals surface area (Å²) < 4.78 is 74.5. The number of nitrogens with zero attached hydrogens (tertiary/aromatic N) is 2. The van der Waals surface area contributed by atoms with E-state index >= 15 is 0 Å². The Kier molecular flexibility index (Phi) is 8.43. The van der Waals surface area contributed by atoms with Crippen LogP contribution in [0.3, 0.4) is 0 Å². The van der Waals surface area contributed by atoms with Gasteiger partial charge in [-0.1, -0.05) is 11.3 Å². The number of benzene rings is 2. The van der Waals surface area contributed by atoms with Crippen molar-refractivity contribution in [2.75, 3.05) is 12.3 Å². The Bertz CT molecular complexity index is 1570. The van der Waals surface area contributed by atoms with Crippen LogP contribution in [0.25, 0.3) is 16.3 Å². The second-order valence-corrected chi connectivity index (χ2v) is 15.3. The molecule has 2 unspecified atom stereocenters. The summed E-state index contributed by atoms with van der Waals surface area (Å²) in [7, 11) is -8.96. The Balaban J connectivity index is 0.00000274. The number of aryl methyl sites for hydroxylation is 1. The summed E-state index contributed by atoms with van der Waals surface area (Å²) in [5.41, 5.74) is 1.58. The van der Waals surface area contributed by atoms with Gasteiger partial charge in [0.2, 0.25) is 10.9 Å². The molecule has 0 saturated carbocycles. The fraction of sp³-hybridized carbons (Fsp3) is 0.211. The second kappa shape index (κ2) is 10.1. The summed E-state index contributed by atoms with van der Waals surface area (Å²) >= 11 is 7.16. The van der Waals surface area contributed by atoms with Crippen molar-refractivity contribution in [3.63, 3.8) is 0 Å². The van der Waals surface area contributed by atoms with E-state index in [4.69, 9.17) is 0 Å². The number of rotatable bonds is 5. The van der Waals surface area contributed by atoms with Crippen molar-refractivity contribution in [3.05, 3.63) is 53.6 Å². The summed E-state index contributed by atoms with van der Waals surface area (Å²) in [5.74, 6) is -0.561. The van der Waals surface area contributed by atoms with Gasteiger partial charge in [-0.2, -0.15) is 4.57 Å². The molecule has 1 aromatic heterocycles. The summed E-state index contributed by atoms with van der Waals surface area (Å²) in [6, 6.07) is 11.5.